The Hall–Kier alpha value is -1.12. The zero-order valence-corrected chi connectivity index (χ0v) is 16.0. The van der Waals surface area contributed by atoms with Crippen LogP contribution in [0.1, 0.15) is 17.7 Å². The monoisotopic (exact) mass is 421 g/mol. The Bertz CT molecular complexity index is 989. The molecule has 10 heteroatoms. The van der Waals surface area contributed by atoms with Gasteiger partial charge in [-0.05, 0) is 37.0 Å². The average Bonchev–Trinajstić information content (AvgIpc) is 2.97. The number of fused-ring (bicyclic) bond motifs is 1. The second-order valence-electron chi connectivity index (χ2n) is 5.63. The van der Waals surface area contributed by atoms with Gasteiger partial charge in [0.1, 0.15) is 4.90 Å². The van der Waals surface area contributed by atoms with E-state index in [0.717, 1.165) is 30.5 Å². The third-order valence-corrected chi connectivity index (χ3v) is 6.55. The Morgan fingerprint density at radius 1 is 1.08 bits per heavy atom. The first kappa shape index (κ1) is 18.7. The number of nitrogens with zero attached hydrogens (tertiary/aromatic N) is 2. The van der Waals surface area contributed by atoms with Gasteiger partial charge in [-0.25, -0.2) is 17.8 Å². The van der Waals surface area contributed by atoms with E-state index >= 15 is 0 Å². The van der Waals surface area contributed by atoms with Gasteiger partial charge in [-0.3, -0.25) is 4.79 Å². The summed E-state index contributed by atoms with van der Waals surface area (Å²) in [5, 5.41) is 4.51. The van der Waals surface area contributed by atoms with E-state index in [2.05, 4.69) is 9.82 Å². The van der Waals surface area contributed by atoms with Crippen LogP contribution >= 0.6 is 34.8 Å². The van der Waals surface area contributed by atoms with Crippen LogP contribution in [0.15, 0.2) is 27.9 Å². The van der Waals surface area contributed by atoms with Crippen LogP contribution in [0.5, 0.6) is 0 Å². The summed E-state index contributed by atoms with van der Waals surface area (Å²) in [5.74, 6) is 0. The first-order valence-corrected chi connectivity index (χ1v) is 10.1. The van der Waals surface area contributed by atoms with Crippen molar-refractivity contribution in [1.82, 2.24) is 14.5 Å². The molecule has 134 valence electrons. The molecule has 1 heterocycles. The largest absolute Gasteiger partial charge is 0.268 e. The van der Waals surface area contributed by atoms with Crippen molar-refractivity contribution >= 4 is 44.8 Å². The Kier molecular flexibility index (Phi) is 5.41. The van der Waals surface area contributed by atoms with Gasteiger partial charge >= 0.3 is 0 Å². The quantitative estimate of drug-likeness (QED) is 0.751. The van der Waals surface area contributed by atoms with Crippen LogP contribution in [-0.2, 0) is 29.4 Å². The minimum atomic E-state index is -3.89. The average molecular weight is 423 g/mol. The maximum atomic E-state index is 12.4. The van der Waals surface area contributed by atoms with Gasteiger partial charge in [0.2, 0.25) is 10.0 Å². The number of halogens is 3. The molecule has 25 heavy (non-hydrogen) atoms. The molecule has 3 rings (SSSR count). The summed E-state index contributed by atoms with van der Waals surface area (Å²) in [4.78, 5) is 11.8. The molecule has 0 atom stereocenters. The van der Waals surface area contributed by atoms with Gasteiger partial charge in [-0.15, -0.1) is 0 Å². The minimum Gasteiger partial charge on any atom is -0.268 e. The summed E-state index contributed by atoms with van der Waals surface area (Å²) in [6.07, 6.45) is 2.68. The lowest BCUT2D eigenvalue weighted by molar-refractivity contribution is 0.542. The molecule has 1 aromatic heterocycles. The predicted molar refractivity (Wildman–Crippen MR) is 97.2 cm³/mol. The molecule has 1 aliphatic carbocycles. The van der Waals surface area contributed by atoms with Crippen LogP contribution in [0.3, 0.4) is 0 Å². The van der Waals surface area contributed by atoms with Crippen molar-refractivity contribution in [2.24, 2.45) is 0 Å². The maximum absolute atomic E-state index is 12.4. The number of hydrogen-bond acceptors (Lipinski definition) is 4. The third kappa shape index (κ3) is 4.01. The topological polar surface area (TPSA) is 81.1 Å². The fourth-order valence-corrected chi connectivity index (χ4v) is 4.69. The van der Waals surface area contributed by atoms with Crippen molar-refractivity contribution in [3.63, 3.8) is 0 Å². The van der Waals surface area contributed by atoms with Crippen molar-refractivity contribution in [2.75, 3.05) is 6.54 Å². The third-order valence-electron chi connectivity index (χ3n) is 3.90. The van der Waals surface area contributed by atoms with E-state index in [4.69, 9.17) is 34.8 Å². The van der Waals surface area contributed by atoms with E-state index < -0.39 is 10.0 Å². The second kappa shape index (κ2) is 7.25. The summed E-state index contributed by atoms with van der Waals surface area (Å²) in [6.45, 7) is 0.106. The Labute approximate surface area is 159 Å². The molecule has 0 saturated carbocycles. The van der Waals surface area contributed by atoms with Crippen molar-refractivity contribution in [2.45, 2.75) is 30.7 Å². The molecule has 6 nitrogen and oxygen atoms in total. The van der Waals surface area contributed by atoms with Gasteiger partial charge in [-0.1, -0.05) is 34.8 Å². The number of nitrogens with one attached hydrogen (secondary N) is 1. The summed E-state index contributed by atoms with van der Waals surface area (Å²) in [7, 11) is -3.89. The summed E-state index contributed by atoms with van der Waals surface area (Å²) in [5.41, 5.74) is 1.63. The van der Waals surface area contributed by atoms with E-state index in [0.29, 0.717) is 0 Å². The van der Waals surface area contributed by atoms with E-state index in [1.807, 2.05) is 0 Å². The van der Waals surface area contributed by atoms with Crippen molar-refractivity contribution in [3.05, 3.63) is 54.9 Å². The van der Waals surface area contributed by atoms with Gasteiger partial charge < -0.3 is 0 Å². The Morgan fingerprint density at radius 2 is 1.80 bits per heavy atom. The van der Waals surface area contributed by atoms with Crippen molar-refractivity contribution in [1.29, 1.82) is 0 Å². The number of aromatic nitrogens is 2. The van der Waals surface area contributed by atoms with E-state index in [1.54, 1.807) is 6.07 Å². The summed E-state index contributed by atoms with van der Waals surface area (Å²) >= 11 is 17.6. The van der Waals surface area contributed by atoms with E-state index in [-0.39, 0.29) is 38.6 Å². The van der Waals surface area contributed by atoms with Crippen LogP contribution in [0.2, 0.25) is 15.1 Å². The number of rotatable bonds is 5. The number of aryl methyl sites for hydroxylation is 2. The molecule has 0 amide bonds. The summed E-state index contributed by atoms with van der Waals surface area (Å²) in [6, 6.07) is 4.03. The molecule has 0 saturated heterocycles. The predicted octanol–water partition coefficient (Wildman–Crippen LogP) is 2.67. The highest BCUT2D eigenvalue weighted by Crippen LogP contribution is 2.31. The Balaban J connectivity index is 1.74. The highest BCUT2D eigenvalue weighted by Gasteiger charge is 2.20. The molecule has 2 aromatic rings. The number of benzene rings is 1. The molecule has 1 N–H and O–H groups in total. The van der Waals surface area contributed by atoms with Crippen LogP contribution in [0, 0.1) is 0 Å². The Morgan fingerprint density at radius 3 is 2.56 bits per heavy atom. The highest BCUT2D eigenvalue weighted by atomic mass is 35.5. The maximum Gasteiger partial charge on any atom is 0.267 e. The van der Waals surface area contributed by atoms with Crippen molar-refractivity contribution < 1.29 is 8.42 Å². The van der Waals surface area contributed by atoms with Crippen molar-refractivity contribution in [3.8, 4) is 0 Å². The van der Waals surface area contributed by atoms with Gasteiger partial charge in [0.15, 0.2) is 0 Å². The van der Waals surface area contributed by atoms with E-state index in [1.165, 1.54) is 16.8 Å². The summed E-state index contributed by atoms with van der Waals surface area (Å²) < 4.78 is 28.4. The highest BCUT2D eigenvalue weighted by molar-refractivity contribution is 7.89. The molecule has 1 aromatic carbocycles. The number of sulfonamides is 1. The second-order valence-corrected chi connectivity index (χ2v) is 8.58. The van der Waals surface area contributed by atoms with Crippen LogP contribution < -0.4 is 10.3 Å². The SMILES string of the molecule is O=c1cc2c(nn1CCNS(=O)(=O)c1cc(Cl)c(Cl)cc1Cl)CCC2. The van der Waals surface area contributed by atoms with Crippen LogP contribution in [-0.4, -0.2) is 24.7 Å². The lowest BCUT2D eigenvalue weighted by Crippen LogP contribution is -2.32. The normalized spacial score (nSPS) is 13.9. The molecule has 1 aliphatic rings. The fraction of sp³-hybridized carbons (Fsp3) is 0.333. The van der Waals surface area contributed by atoms with Crippen LogP contribution in [0.4, 0.5) is 0 Å². The minimum absolute atomic E-state index is 0.00932. The van der Waals surface area contributed by atoms with Gasteiger partial charge in [0, 0.05) is 12.6 Å². The zero-order chi connectivity index (χ0) is 18.2. The molecular weight excluding hydrogens is 409 g/mol. The molecule has 0 spiro atoms. The van der Waals surface area contributed by atoms with Gasteiger partial charge in [0.25, 0.3) is 5.56 Å². The van der Waals surface area contributed by atoms with Crippen LogP contribution in [0.25, 0.3) is 0 Å². The standard InChI is InChI=1S/C15H14Cl3N3O3S/c16-10-7-12(18)14(8-11(10)17)25(23,24)19-4-5-21-15(22)6-9-2-1-3-13(9)20-21/h6-8,19H,1-5H2. The molecule has 0 fully saturated rings. The zero-order valence-electron chi connectivity index (χ0n) is 12.9. The molecule has 0 aliphatic heterocycles. The fourth-order valence-electron chi connectivity index (χ4n) is 2.67. The lowest BCUT2D eigenvalue weighted by Gasteiger charge is -2.11. The van der Waals surface area contributed by atoms with Gasteiger partial charge in [-0.2, -0.15) is 5.10 Å². The molecule has 0 radical (unpaired) electrons. The molecular formula is C15H14Cl3N3O3S. The van der Waals surface area contributed by atoms with Gasteiger partial charge in [0.05, 0.1) is 27.3 Å². The van der Waals surface area contributed by atoms with E-state index in [9.17, 15) is 13.2 Å². The lowest BCUT2D eigenvalue weighted by atomic mass is 10.2. The smallest absolute Gasteiger partial charge is 0.267 e. The molecule has 0 bridgehead atoms. The first-order valence-electron chi connectivity index (χ1n) is 7.52. The molecule has 0 unspecified atom stereocenters. The number of hydrogen-bond donors (Lipinski definition) is 1. The first-order chi connectivity index (χ1) is 11.8.